The smallest absolute Gasteiger partial charge is 0.326 e. The van der Waals surface area contributed by atoms with Crippen molar-refractivity contribution < 1.29 is 14.3 Å². The van der Waals surface area contributed by atoms with Crippen LogP contribution in [0.4, 0.5) is 0 Å². The van der Waals surface area contributed by atoms with E-state index in [1.807, 2.05) is 30.3 Å². The lowest BCUT2D eigenvalue weighted by atomic mass is 10.4. The van der Waals surface area contributed by atoms with E-state index in [2.05, 4.69) is 0 Å². The second-order valence-electron chi connectivity index (χ2n) is 2.74. The highest BCUT2D eigenvalue weighted by molar-refractivity contribution is 8.01. The molecule has 1 atom stereocenters. The minimum atomic E-state index is -0.771. The second kappa shape index (κ2) is 6.24. The highest BCUT2D eigenvalue weighted by atomic mass is 32.2. The van der Waals surface area contributed by atoms with Crippen molar-refractivity contribution in [2.75, 3.05) is 6.61 Å². The van der Waals surface area contributed by atoms with E-state index in [0.717, 1.165) is 4.90 Å². The van der Waals surface area contributed by atoms with Crippen molar-refractivity contribution in [3.63, 3.8) is 0 Å². The van der Waals surface area contributed by atoms with Crippen molar-refractivity contribution in [3.8, 4) is 0 Å². The van der Waals surface area contributed by atoms with Crippen molar-refractivity contribution in [1.82, 2.24) is 0 Å². The maximum absolute atomic E-state index is 11.3. The molecule has 0 radical (unpaired) electrons. The quantitative estimate of drug-likeness (QED) is 0.331. The number of aldehydes is 1. The third-order valence-corrected chi connectivity index (χ3v) is 2.75. The number of carbonyl (C=O) groups excluding carboxylic acids is 2. The third kappa shape index (κ3) is 3.75. The van der Waals surface area contributed by atoms with Gasteiger partial charge in [0.1, 0.15) is 6.29 Å². The fraction of sp³-hybridized carbons (Fsp3) is 0.273. The zero-order valence-corrected chi connectivity index (χ0v) is 9.20. The number of hydrogen-bond acceptors (Lipinski definition) is 4. The molecule has 3 nitrogen and oxygen atoms in total. The first-order valence-electron chi connectivity index (χ1n) is 4.61. The zero-order chi connectivity index (χ0) is 11.1. The number of esters is 1. The molecule has 0 aliphatic carbocycles. The van der Waals surface area contributed by atoms with E-state index in [0.29, 0.717) is 12.9 Å². The minimum absolute atomic E-state index is 0.290. The summed E-state index contributed by atoms with van der Waals surface area (Å²) in [4.78, 5) is 22.9. The summed E-state index contributed by atoms with van der Waals surface area (Å²) in [6.07, 6.45) is 0.607. The van der Waals surface area contributed by atoms with Crippen LogP contribution < -0.4 is 0 Å². The first-order valence-corrected chi connectivity index (χ1v) is 5.49. The minimum Gasteiger partial charge on any atom is -0.465 e. The molecule has 0 saturated heterocycles. The molecular formula is C11H12O3S. The van der Waals surface area contributed by atoms with Crippen LogP contribution in [0.2, 0.25) is 0 Å². The van der Waals surface area contributed by atoms with Crippen LogP contribution in [0.1, 0.15) is 6.92 Å². The van der Waals surface area contributed by atoms with E-state index in [1.165, 1.54) is 11.8 Å². The number of thioether (sulfide) groups is 1. The molecule has 80 valence electrons. The molecule has 15 heavy (non-hydrogen) atoms. The van der Waals surface area contributed by atoms with Gasteiger partial charge in [0, 0.05) is 4.90 Å². The second-order valence-corrected chi connectivity index (χ2v) is 3.95. The average molecular weight is 224 g/mol. The van der Waals surface area contributed by atoms with Crippen molar-refractivity contribution in [2.24, 2.45) is 0 Å². The van der Waals surface area contributed by atoms with Gasteiger partial charge in [0.25, 0.3) is 0 Å². The number of rotatable bonds is 5. The Hall–Kier alpha value is -1.29. The molecule has 0 aliphatic rings. The summed E-state index contributed by atoms with van der Waals surface area (Å²) in [5.74, 6) is -0.485. The van der Waals surface area contributed by atoms with Crippen LogP contribution in [-0.4, -0.2) is 24.1 Å². The van der Waals surface area contributed by atoms with Crippen LogP contribution in [0.25, 0.3) is 0 Å². The highest BCUT2D eigenvalue weighted by Crippen LogP contribution is 2.22. The van der Waals surface area contributed by atoms with E-state index in [9.17, 15) is 9.59 Å². The lowest BCUT2D eigenvalue weighted by molar-refractivity contribution is -0.143. The van der Waals surface area contributed by atoms with Gasteiger partial charge in [-0.3, -0.25) is 4.79 Å². The SMILES string of the molecule is CCOC(=O)[C@@H](C=O)Sc1ccccc1. The number of benzene rings is 1. The van der Waals surface area contributed by atoms with Crippen LogP contribution in [0.3, 0.4) is 0 Å². The van der Waals surface area contributed by atoms with E-state index >= 15 is 0 Å². The molecule has 1 aromatic carbocycles. The maximum atomic E-state index is 11.3. The average Bonchev–Trinajstić information content (AvgIpc) is 2.27. The van der Waals surface area contributed by atoms with Crippen molar-refractivity contribution in [3.05, 3.63) is 30.3 Å². The Kier molecular flexibility index (Phi) is 4.90. The molecule has 0 N–H and O–H groups in total. The predicted molar refractivity (Wildman–Crippen MR) is 58.8 cm³/mol. The van der Waals surface area contributed by atoms with Gasteiger partial charge in [-0.2, -0.15) is 0 Å². The molecule has 0 fully saturated rings. The molecule has 0 spiro atoms. The normalized spacial score (nSPS) is 11.8. The molecule has 1 rings (SSSR count). The van der Waals surface area contributed by atoms with Gasteiger partial charge >= 0.3 is 5.97 Å². The first kappa shape index (κ1) is 11.8. The van der Waals surface area contributed by atoms with Gasteiger partial charge in [-0.1, -0.05) is 18.2 Å². The van der Waals surface area contributed by atoms with Gasteiger partial charge in [0.05, 0.1) is 6.61 Å². The van der Waals surface area contributed by atoms with Crippen molar-refractivity contribution in [1.29, 1.82) is 0 Å². The summed E-state index contributed by atoms with van der Waals surface area (Å²) in [6, 6.07) is 9.29. The molecule has 0 unspecified atom stereocenters. The fourth-order valence-electron chi connectivity index (χ4n) is 1.00. The Bertz CT molecular complexity index is 324. The van der Waals surface area contributed by atoms with E-state index in [-0.39, 0.29) is 0 Å². The van der Waals surface area contributed by atoms with Crippen LogP contribution >= 0.6 is 11.8 Å². The topological polar surface area (TPSA) is 43.4 Å². The zero-order valence-electron chi connectivity index (χ0n) is 8.38. The van der Waals surface area contributed by atoms with Gasteiger partial charge < -0.3 is 9.53 Å². The lowest BCUT2D eigenvalue weighted by Gasteiger charge is -2.08. The molecular weight excluding hydrogens is 212 g/mol. The Balaban J connectivity index is 2.62. The van der Waals surface area contributed by atoms with Gasteiger partial charge in [-0.25, -0.2) is 0 Å². The van der Waals surface area contributed by atoms with Gasteiger partial charge in [-0.05, 0) is 19.1 Å². The molecule has 0 bridgehead atoms. The van der Waals surface area contributed by atoms with E-state index < -0.39 is 11.2 Å². The first-order chi connectivity index (χ1) is 7.27. The maximum Gasteiger partial charge on any atom is 0.326 e. The largest absolute Gasteiger partial charge is 0.465 e. The molecule has 0 aromatic heterocycles. The van der Waals surface area contributed by atoms with Crippen molar-refractivity contribution >= 4 is 24.0 Å². The molecule has 4 heteroatoms. The Morgan fingerprint density at radius 3 is 2.67 bits per heavy atom. The Morgan fingerprint density at radius 1 is 1.47 bits per heavy atom. The summed E-state index contributed by atoms with van der Waals surface area (Å²) in [5, 5.41) is -0.771. The summed E-state index contributed by atoms with van der Waals surface area (Å²) in [5.41, 5.74) is 0. The third-order valence-electron chi connectivity index (χ3n) is 1.65. The Labute approximate surface area is 92.8 Å². The molecule has 1 aromatic rings. The van der Waals surface area contributed by atoms with Crippen LogP contribution in [0.5, 0.6) is 0 Å². The molecule has 0 heterocycles. The molecule has 0 saturated carbocycles. The van der Waals surface area contributed by atoms with E-state index in [1.54, 1.807) is 6.92 Å². The van der Waals surface area contributed by atoms with Crippen LogP contribution in [0, 0.1) is 0 Å². The van der Waals surface area contributed by atoms with Crippen LogP contribution in [0.15, 0.2) is 35.2 Å². The monoisotopic (exact) mass is 224 g/mol. The number of carbonyl (C=O) groups is 2. The van der Waals surface area contributed by atoms with Crippen LogP contribution in [-0.2, 0) is 14.3 Å². The fourth-order valence-corrected chi connectivity index (χ4v) is 1.83. The van der Waals surface area contributed by atoms with Gasteiger partial charge in [0.2, 0.25) is 0 Å². The van der Waals surface area contributed by atoms with Gasteiger partial charge in [0.15, 0.2) is 5.25 Å². The highest BCUT2D eigenvalue weighted by Gasteiger charge is 2.19. The predicted octanol–water partition coefficient (Wildman–Crippen LogP) is 1.91. The van der Waals surface area contributed by atoms with E-state index in [4.69, 9.17) is 4.74 Å². The summed E-state index contributed by atoms with van der Waals surface area (Å²) in [7, 11) is 0. The lowest BCUT2D eigenvalue weighted by Crippen LogP contribution is -2.21. The molecule has 0 amide bonds. The number of hydrogen-bond donors (Lipinski definition) is 0. The molecule has 0 aliphatic heterocycles. The summed E-state index contributed by atoms with van der Waals surface area (Å²) in [6.45, 7) is 2.01. The Morgan fingerprint density at radius 2 is 2.13 bits per heavy atom. The van der Waals surface area contributed by atoms with Gasteiger partial charge in [-0.15, -0.1) is 11.8 Å². The summed E-state index contributed by atoms with van der Waals surface area (Å²) >= 11 is 1.19. The number of ether oxygens (including phenoxy) is 1. The van der Waals surface area contributed by atoms with Crippen molar-refractivity contribution in [2.45, 2.75) is 17.1 Å². The summed E-state index contributed by atoms with van der Waals surface area (Å²) < 4.78 is 4.78. The standard InChI is InChI=1S/C11H12O3S/c1-2-14-11(13)10(8-12)15-9-6-4-3-5-7-9/h3-8,10H,2H2,1H3/t10-/m1/s1.